The molecule has 0 aliphatic heterocycles. The minimum Gasteiger partial charge on any atom is -0.330 e. The molecule has 0 aromatic heterocycles. The van der Waals surface area contributed by atoms with Crippen LogP contribution in [0, 0.1) is 0 Å². The number of alkyl halides is 2. The predicted molar refractivity (Wildman–Crippen MR) is 32.3 cm³/mol. The van der Waals surface area contributed by atoms with Gasteiger partial charge in [-0.1, -0.05) is 23.2 Å². The van der Waals surface area contributed by atoms with E-state index in [-0.39, 0.29) is 20.4 Å². The van der Waals surface area contributed by atoms with Crippen molar-refractivity contribution in [3.8, 4) is 0 Å². The Kier molecular flexibility index (Phi) is 7.42. The molecule has 0 saturated heterocycles. The van der Waals surface area contributed by atoms with Crippen LogP contribution in [0.5, 0.6) is 0 Å². The molecule has 0 atom stereocenters. The maximum Gasteiger partial charge on any atom is 0.167 e. The van der Waals surface area contributed by atoms with Crippen LogP contribution in [0.3, 0.4) is 0 Å². The van der Waals surface area contributed by atoms with E-state index in [1.54, 1.807) is 0 Å². The van der Waals surface area contributed by atoms with Gasteiger partial charge in [-0.3, -0.25) is 0 Å². The first-order chi connectivity index (χ1) is 3.06. The quantitative estimate of drug-likeness (QED) is 0.423. The van der Waals surface area contributed by atoms with Crippen molar-refractivity contribution in [2.24, 2.45) is 11.5 Å². The summed E-state index contributed by atoms with van der Waals surface area (Å²) in [7, 11) is 0. The SMILES string of the molecule is NCCC(N)(Cl)Cl.[Pd]. The van der Waals surface area contributed by atoms with Crippen LogP contribution in [0.4, 0.5) is 0 Å². The first-order valence-corrected chi connectivity index (χ1v) is 2.68. The average molecular weight is 249 g/mol. The van der Waals surface area contributed by atoms with Gasteiger partial charge in [0.2, 0.25) is 0 Å². The van der Waals surface area contributed by atoms with Crippen LogP contribution in [0.2, 0.25) is 0 Å². The monoisotopic (exact) mass is 248 g/mol. The second kappa shape index (κ2) is 4.99. The molecule has 0 unspecified atom stereocenters. The molecular formula is C3H8Cl2N2Pd. The van der Waals surface area contributed by atoms with Crippen LogP contribution < -0.4 is 11.5 Å². The van der Waals surface area contributed by atoms with Gasteiger partial charge < -0.3 is 11.5 Å². The number of halogens is 2. The molecule has 0 spiro atoms. The Morgan fingerprint density at radius 1 is 1.38 bits per heavy atom. The molecule has 5 heteroatoms. The molecule has 0 rings (SSSR count). The molecule has 0 aliphatic carbocycles. The number of rotatable bonds is 2. The van der Waals surface area contributed by atoms with Crippen LogP contribution in [0.25, 0.3) is 0 Å². The molecule has 54 valence electrons. The van der Waals surface area contributed by atoms with Gasteiger partial charge in [-0.15, -0.1) is 0 Å². The average Bonchev–Trinajstić information content (AvgIpc) is 1.30. The van der Waals surface area contributed by atoms with Gasteiger partial charge in [-0.25, -0.2) is 0 Å². The van der Waals surface area contributed by atoms with Crippen molar-refractivity contribution in [3.63, 3.8) is 0 Å². The van der Waals surface area contributed by atoms with Crippen LogP contribution in [0.1, 0.15) is 6.42 Å². The van der Waals surface area contributed by atoms with Crippen LogP contribution in [-0.2, 0) is 20.4 Å². The Balaban J connectivity index is 0. The van der Waals surface area contributed by atoms with Crippen molar-refractivity contribution in [2.75, 3.05) is 6.54 Å². The topological polar surface area (TPSA) is 52.0 Å². The molecule has 0 radical (unpaired) electrons. The third-order valence-electron chi connectivity index (χ3n) is 0.478. The summed E-state index contributed by atoms with van der Waals surface area (Å²) >= 11 is 10.6. The van der Waals surface area contributed by atoms with E-state index in [1.165, 1.54) is 0 Å². The first-order valence-electron chi connectivity index (χ1n) is 1.93. The Bertz CT molecular complexity index is 53.7. The molecule has 0 amide bonds. The summed E-state index contributed by atoms with van der Waals surface area (Å²) < 4.78 is -1.13. The van der Waals surface area contributed by atoms with Gasteiger partial charge in [0.05, 0.1) is 0 Å². The van der Waals surface area contributed by atoms with E-state index in [9.17, 15) is 0 Å². The zero-order valence-electron chi connectivity index (χ0n) is 4.14. The molecular weight excluding hydrogens is 241 g/mol. The second-order valence-electron chi connectivity index (χ2n) is 1.30. The fourth-order valence-corrected chi connectivity index (χ4v) is 0.411. The molecule has 0 bridgehead atoms. The first kappa shape index (κ1) is 11.9. The molecule has 0 saturated carbocycles. The zero-order valence-corrected chi connectivity index (χ0v) is 7.21. The maximum atomic E-state index is 5.30. The minimum absolute atomic E-state index is 0. The van der Waals surface area contributed by atoms with Gasteiger partial charge in [0, 0.05) is 26.8 Å². The van der Waals surface area contributed by atoms with Crippen molar-refractivity contribution in [1.82, 2.24) is 0 Å². The van der Waals surface area contributed by atoms with E-state index in [1.807, 2.05) is 0 Å². The van der Waals surface area contributed by atoms with Gasteiger partial charge in [0.15, 0.2) is 4.46 Å². The Labute approximate surface area is 72.5 Å². The summed E-state index contributed by atoms with van der Waals surface area (Å²) in [5.74, 6) is 0. The van der Waals surface area contributed by atoms with E-state index < -0.39 is 4.46 Å². The molecule has 8 heavy (non-hydrogen) atoms. The normalized spacial score (nSPS) is 10.5. The largest absolute Gasteiger partial charge is 0.330 e. The van der Waals surface area contributed by atoms with Gasteiger partial charge >= 0.3 is 0 Å². The summed E-state index contributed by atoms with van der Waals surface area (Å²) in [6, 6.07) is 0. The number of hydrogen-bond acceptors (Lipinski definition) is 2. The zero-order chi connectivity index (χ0) is 5.91. The molecule has 0 aromatic rings. The summed E-state index contributed by atoms with van der Waals surface area (Å²) in [6.07, 6.45) is 0.427. The Hall–Kier alpha value is 1.16. The van der Waals surface area contributed by atoms with Gasteiger partial charge in [0.1, 0.15) is 0 Å². The van der Waals surface area contributed by atoms with Crippen molar-refractivity contribution in [2.45, 2.75) is 10.9 Å². The number of nitrogens with two attached hydrogens (primary N) is 2. The summed E-state index contributed by atoms with van der Waals surface area (Å²) in [5.41, 5.74) is 10.2. The van der Waals surface area contributed by atoms with E-state index in [4.69, 9.17) is 34.7 Å². The second-order valence-corrected chi connectivity index (χ2v) is 2.84. The van der Waals surface area contributed by atoms with Crippen LogP contribution >= 0.6 is 23.2 Å². The van der Waals surface area contributed by atoms with E-state index in [0.717, 1.165) is 0 Å². The standard InChI is InChI=1S/C3H8Cl2N2.Pd/c4-3(5,7)1-2-6;/h1-2,6-7H2;. The maximum absolute atomic E-state index is 5.30. The van der Waals surface area contributed by atoms with Gasteiger partial charge in [-0.05, 0) is 6.54 Å². The van der Waals surface area contributed by atoms with Gasteiger partial charge in [0.25, 0.3) is 0 Å². The van der Waals surface area contributed by atoms with Crippen LogP contribution in [0.15, 0.2) is 0 Å². The summed E-state index contributed by atoms with van der Waals surface area (Å²) in [5, 5.41) is 0. The molecule has 0 fully saturated rings. The molecule has 0 aromatic carbocycles. The smallest absolute Gasteiger partial charge is 0.167 e. The molecule has 2 nitrogen and oxygen atoms in total. The molecule has 0 heterocycles. The fraction of sp³-hybridized carbons (Fsp3) is 1.00. The molecule has 4 N–H and O–H groups in total. The summed E-state index contributed by atoms with van der Waals surface area (Å²) in [4.78, 5) is 0. The van der Waals surface area contributed by atoms with Gasteiger partial charge in [-0.2, -0.15) is 0 Å². The Morgan fingerprint density at radius 3 is 1.75 bits per heavy atom. The van der Waals surface area contributed by atoms with E-state index >= 15 is 0 Å². The fourth-order valence-electron chi connectivity index (χ4n) is 0.192. The van der Waals surface area contributed by atoms with E-state index in [0.29, 0.717) is 13.0 Å². The third-order valence-corrected chi connectivity index (χ3v) is 0.856. The number of hydrogen-bond donors (Lipinski definition) is 2. The summed E-state index contributed by atoms with van der Waals surface area (Å²) in [6.45, 7) is 0.420. The van der Waals surface area contributed by atoms with Crippen molar-refractivity contribution in [3.05, 3.63) is 0 Å². The predicted octanol–water partition coefficient (Wildman–Crippen LogP) is 0.423. The van der Waals surface area contributed by atoms with Crippen molar-refractivity contribution >= 4 is 23.2 Å². The Morgan fingerprint density at radius 2 is 1.75 bits per heavy atom. The minimum atomic E-state index is -1.13. The van der Waals surface area contributed by atoms with Crippen molar-refractivity contribution in [1.29, 1.82) is 0 Å². The molecule has 0 aliphatic rings. The van der Waals surface area contributed by atoms with Crippen molar-refractivity contribution < 1.29 is 20.4 Å². The van der Waals surface area contributed by atoms with Crippen LogP contribution in [-0.4, -0.2) is 11.0 Å². The van der Waals surface area contributed by atoms with E-state index in [2.05, 4.69) is 0 Å². The third kappa shape index (κ3) is 10.2.